The largest absolute Gasteiger partial charge is 0.375 e. The lowest BCUT2D eigenvalue weighted by molar-refractivity contribution is -0.127. The van der Waals surface area contributed by atoms with Crippen molar-refractivity contribution < 1.29 is 13.5 Å². The first-order valence-electron chi connectivity index (χ1n) is 2.84. The Morgan fingerprint density at radius 1 is 1.50 bits per heavy atom. The van der Waals surface area contributed by atoms with E-state index in [1.165, 1.54) is 0 Å². The molecule has 0 aromatic heterocycles. The van der Waals surface area contributed by atoms with Gasteiger partial charge >= 0.3 is 0 Å². The number of hydrogen-bond acceptors (Lipinski definition) is 2. The first kappa shape index (κ1) is 10.1. The molecule has 0 saturated carbocycles. The van der Waals surface area contributed by atoms with Crippen LogP contribution in [0, 0.1) is 0 Å². The summed E-state index contributed by atoms with van der Waals surface area (Å²) in [6.07, 6.45) is 0.257. The summed E-state index contributed by atoms with van der Waals surface area (Å²) >= 11 is 0. The number of alkyl halides is 2. The first-order valence-corrected chi connectivity index (χ1v) is 2.84. The van der Waals surface area contributed by atoms with Crippen LogP contribution in [0.4, 0.5) is 8.78 Å². The van der Waals surface area contributed by atoms with E-state index in [1.54, 1.807) is 0 Å². The molecule has 1 rings (SSSR count). The molecule has 1 heterocycles. The molecule has 1 atom stereocenters. The quantitative estimate of drug-likeness (QED) is 0.588. The standard InChI is InChI=1S/C5H9F2NO.ClH/c6-5(7)3-9-2-1-4(5)8;/h4H,1-3,8H2;1H. The van der Waals surface area contributed by atoms with Crippen LogP contribution in [0.3, 0.4) is 0 Å². The Morgan fingerprint density at radius 3 is 2.40 bits per heavy atom. The van der Waals surface area contributed by atoms with Crippen LogP contribution in [0.1, 0.15) is 6.42 Å². The summed E-state index contributed by atoms with van der Waals surface area (Å²) < 4.78 is 29.2. The first-order chi connectivity index (χ1) is 4.13. The molecule has 0 bridgehead atoms. The van der Waals surface area contributed by atoms with E-state index in [4.69, 9.17) is 5.73 Å². The number of ether oxygens (including phenoxy) is 1. The number of hydrogen-bond donors (Lipinski definition) is 1. The smallest absolute Gasteiger partial charge is 0.285 e. The van der Waals surface area contributed by atoms with E-state index in [1.807, 2.05) is 0 Å². The van der Waals surface area contributed by atoms with Gasteiger partial charge in [-0.05, 0) is 6.42 Å². The van der Waals surface area contributed by atoms with Crippen LogP contribution in [0.2, 0.25) is 0 Å². The predicted molar refractivity (Wildman–Crippen MR) is 35.6 cm³/mol. The fraction of sp³-hybridized carbons (Fsp3) is 1.00. The zero-order valence-corrected chi connectivity index (χ0v) is 6.16. The van der Waals surface area contributed by atoms with Crippen molar-refractivity contribution in [2.75, 3.05) is 13.2 Å². The average Bonchev–Trinajstić information content (AvgIpc) is 1.77. The SMILES string of the molecule is Cl.NC1CCOCC1(F)F. The molecule has 2 nitrogen and oxygen atoms in total. The molecule has 62 valence electrons. The molecule has 0 aliphatic carbocycles. The molecule has 1 saturated heterocycles. The van der Waals surface area contributed by atoms with Crippen LogP contribution in [0.25, 0.3) is 0 Å². The van der Waals surface area contributed by atoms with Gasteiger partial charge in [0.25, 0.3) is 5.92 Å². The van der Waals surface area contributed by atoms with Crippen LogP contribution < -0.4 is 5.73 Å². The van der Waals surface area contributed by atoms with Crippen molar-refractivity contribution in [3.8, 4) is 0 Å². The molecule has 1 fully saturated rings. The number of rotatable bonds is 0. The molecule has 0 amide bonds. The maximum atomic E-state index is 12.3. The van der Waals surface area contributed by atoms with Gasteiger partial charge in [-0.15, -0.1) is 12.4 Å². The molecule has 0 aromatic rings. The highest BCUT2D eigenvalue weighted by Gasteiger charge is 2.39. The molecule has 1 unspecified atom stereocenters. The molecule has 1 aliphatic heterocycles. The van der Waals surface area contributed by atoms with Gasteiger partial charge in [0.05, 0.1) is 6.04 Å². The van der Waals surface area contributed by atoms with Crippen molar-refractivity contribution in [2.24, 2.45) is 5.73 Å². The fourth-order valence-corrected chi connectivity index (χ4v) is 0.737. The topological polar surface area (TPSA) is 35.2 Å². The van der Waals surface area contributed by atoms with Crippen molar-refractivity contribution in [1.29, 1.82) is 0 Å². The van der Waals surface area contributed by atoms with E-state index >= 15 is 0 Å². The van der Waals surface area contributed by atoms with E-state index in [0.717, 1.165) is 0 Å². The van der Waals surface area contributed by atoms with Gasteiger partial charge in [0.1, 0.15) is 6.61 Å². The lowest BCUT2D eigenvalue weighted by Crippen LogP contribution is -2.48. The van der Waals surface area contributed by atoms with Gasteiger partial charge in [-0.25, -0.2) is 8.78 Å². The second kappa shape index (κ2) is 3.46. The minimum absolute atomic E-state index is 0. The van der Waals surface area contributed by atoms with E-state index in [2.05, 4.69) is 4.74 Å². The van der Waals surface area contributed by atoms with Crippen molar-refractivity contribution in [3.05, 3.63) is 0 Å². The van der Waals surface area contributed by atoms with E-state index in [0.29, 0.717) is 6.61 Å². The molecule has 0 aromatic carbocycles. The lowest BCUT2D eigenvalue weighted by atomic mass is 10.1. The molecule has 2 N–H and O–H groups in total. The zero-order chi connectivity index (χ0) is 6.91. The Labute approximate surface area is 64.1 Å². The van der Waals surface area contributed by atoms with Crippen molar-refractivity contribution in [3.63, 3.8) is 0 Å². The van der Waals surface area contributed by atoms with Gasteiger partial charge in [0.15, 0.2) is 0 Å². The summed E-state index contributed by atoms with van der Waals surface area (Å²) in [6, 6.07) is -1.01. The van der Waals surface area contributed by atoms with Crippen LogP contribution in [-0.2, 0) is 4.74 Å². The summed E-state index contributed by atoms with van der Waals surface area (Å²) in [5.41, 5.74) is 5.08. The second-order valence-electron chi connectivity index (χ2n) is 2.21. The summed E-state index contributed by atoms with van der Waals surface area (Å²) in [4.78, 5) is 0. The summed E-state index contributed by atoms with van der Waals surface area (Å²) in [5, 5.41) is 0. The highest BCUT2D eigenvalue weighted by atomic mass is 35.5. The normalized spacial score (nSPS) is 30.9. The van der Waals surface area contributed by atoms with Gasteiger partial charge in [-0.1, -0.05) is 0 Å². The van der Waals surface area contributed by atoms with Gasteiger partial charge in [0.2, 0.25) is 0 Å². The Hall–Kier alpha value is 0.0700. The maximum absolute atomic E-state index is 12.3. The highest BCUT2D eigenvalue weighted by Crippen LogP contribution is 2.23. The van der Waals surface area contributed by atoms with E-state index in [-0.39, 0.29) is 18.8 Å². The molecular formula is C5H10ClF2NO. The monoisotopic (exact) mass is 173 g/mol. The van der Waals surface area contributed by atoms with Crippen molar-refractivity contribution in [2.45, 2.75) is 18.4 Å². The fourth-order valence-electron chi connectivity index (χ4n) is 0.737. The third kappa shape index (κ3) is 2.04. The maximum Gasteiger partial charge on any atom is 0.285 e. The predicted octanol–water partition coefficient (Wildman–Crippen LogP) is 0.791. The molecule has 10 heavy (non-hydrogen) atoms. The second-order valence-corrected chi connectivity index (χ2v) is 2.21. The minimum Gasteiger partial charge on any atom is -0.375 e. The molecule has 0 spiro atoms. The van der Waals surface area contributed by atoms with Crippen LogP contribution in [-0.4, -0.2) is 25.2 Å². The third-order valence-corrected chi connectivity index (χ3v) is 1.41. The minimum atomic E-state index is -2.81. The Bertz CT molecular complexity index is 112. The van der Waals surface area contributed by atoms with E-state index in [9.17, 15) is 8.78 Å². The van der Waals surface area contributed by atoms with Crippen molar-refractivity contribution in [1.82, 2.24) is 0 Å². The van der Waals surface area contributed by atoms with Crippen LogP contribution in [0.5, 0.6) is 0 Å². The molecule has 1 aliphatic rings. The summed E-state index contributed by atoms with van der Waals surface area (Å²) in [7, 11) is 0. The average molecular weight is 174 g/mol. The lowest BCUT2D eigenvalue weighted by Gasteiger charge is -2.27. The third-order valence-electron chi connectivity index (χ3n) is 1.41. The molecular weight excluding hydrogens is 164 g/mol. The van der Waals surface area contributed by atoms with Gasteiger partial charge in [-0.2, -0.15) is 0 Å². The van der Waals surface area contributed by atoms with Crippen LogP contribution in [0.15, 0.2) is 0 Å². The Kier molecular flexibility index (Phi) is 3.48. The van der Waals surface area contributed by atoms with Gasteiger partial charge in [-0.3, -0.25) is 0 Å². The summed E-state index contributed by atoms with van der Waals surface area (Å²) in [6.45, 7) is -0.162. The molecule has 0 radical (unpaired) electrons. The Balaban J connectivity index is 0.000000810. The van der Waals surface area contributed by atoms with Gasteiger partial charge < -0.3 is 10.5 Å². The highest BCUT2D eigenvalue weighted by molar-refractivity contribution is 5.85. The number of halogens is 3. The van der Waals surface area contributed by atoms with Crippen molar-refractivity contribution >= 4 is 12.4 Å². The summed E-state index contributed by atoms with van der Waals surface area (Å²) in [5.74, 6) is -2.81. The molecule has 5 heteroatoms. The van der Waals surface area contributed by atoms with Crippen LogP contribution >= 0.6 is 12.4 Å². The number of nitrogens with two attached hydrogens (primary N) is 1. The van der Waals surface area contributed by atoms with E-state index < -0.39 is 18.6 Å². The Morgan fingerprint density at radius 2 is 2.10 bits per heavy atom. The van der Waals surface area contributed by atoms with Gasteiger partial charge in [0, 0.05) is 6.61 Å². The zero-order valence-electron chi connectivity index (χ0n) is 5.35.